The Bertz CT molecular complexity index is 309. The van der Waals surface area contributed by atoms with Crippen LogP contribution in [0.15, 0.2) is 12.3 Å². The van der Waals surface area contributed by atoms with Crippen LogP contribution in [0.2, 0.25) is 0 Å². The van der Waals surface area contributed by atoms with E-state index < -0.39 is 11.6 Å². The van der Waals surface area contributed by atoms with Crippen LogP contribution in [-0.4, -0.2) is 31.3 Å². The fourth-order valence-corrected chi connectivity index (χ4v) is 0.972. The van der Waals surface area contributed by atoms with E-state index in [0.29, 0.717) is 26.3 Å². The van der Waals surface area contributed by atoms with Crippen LogP contribution in [0.4, 0.5) is 14.6 Å². The lowest BCUT2D eigenvalue weighted by atomic mass is 10.4. The zero-order valence-electron chi connectivity index (χ0n) is 8.17. The van der Waals surface area contributed by atoms with E-state index >= 15 is 0 Å². The summed E-state index contributed by atoms with van der Waals surface area (Å²) in [5.74, 6) is -1.39. The first-order chi connectivity index (χ1) is 7.24. The maximum Gasteiger partial charge on any atom is 0.168 e. The molecule has 1 aromatic rings. The van der Waals surface area contributed by atoms with Gasteiger partial charge < -0.3 is 15.8 Å². The maximum atomic E-state index is 13.0. The summed E-state index contributed by atoms with van der Waals surface area (Å²) in [4.78, 5) is 3.55. The van der Waals surface area contributed by atoms with Gasteiger partial charge in [-0.05, 0) is 0 Å². The summed E-state index contributed by atoms with van der Waals surface area (Å²) in [7, 11) is 0. The molecule has 0 bridgehead atoms. The second-order valence-corrected chi connectivity index (χ2v) is 2.81. The van der Waals surface area contributed by atoms with Crippen LogP contribution in [0.5, 0.6) is 0 Å². The molecule has 84 valence electrons. The van der Waals surface area contributed by atoms with Crippen molar-refractivity contribution >= 4 is 5.82 Å². The Morgan fingerprint density at radius 1 is 1.40 bits per heavy atom. The van der Waals surface area contributed by atoms with E-state index in [1.54, 1.807) is 0 Å². The molecule has 0 aliphatic heterocycles. The van der Waals surface area contributed by atoms with E-state index in [-0.39, 0.29) is 5.82 Å². The Hall–Kier alpha value is -1.27. The largest absolute Gasteiger partial charge is 0.378 e. The van der Waals surface area contributed by atoms with Gasteiger partial charge in [0.2, 0.25) is 0 Å². The number of hydrogen-bond acceptors (Lipinski definition) is 4. The molecule has 3 N–H and O–H groups in total. The minimum atomic E-state index is -0.714. The molecule has 0 unspecified atom stereocenters. The highest BCUT2D eigenvalue weighted by Gasteiger charge is 2.03. The van der Waals surface area contributed by atoms with E-state index in [9.17, 15) is 8.78 Å². The smallest absolute Gasteiger partial charge is 0.168 e. The number of hydrogen-bond donors (Lipinski definition) is 2. The van der Waals surface area contributed by atoms with Crippen molar-refractivity contribution in [3.05, 3.63) is 23.9 Å². The van der Waals surface area contributed by atoms with Crippen LogP contribution >= 0.6 is 0 Å². The van der Waals surface area contributed by atoms with Crippen molar-refractivity contribution < 1.29 is 13.5 Å². The van der Waals surface area contributed by atoms with Crippen molar-refractivity contribution in [2.45, 2.75) is 0 Å². The van der Waals surface area contributed by atoms with E-state index in [1.807, 2.05) is 0 Å². The van der Waals surface area contributed by atoms with Gasteiger partial charge in [0.15, 0.2) is 11.6 Å². The van der Waals surface area contributed by atoms with Crippen molar-refractivity contribution in [3.8, 4) is 0 Å². The van der Waals surface area contributed by atoms with Gasteiger partial charge in [0.1, 0.15) is 5.82 Å². The molecule has 0 aromatic carbocycles. The molecule has 0 spiro atoms. The Morgan fingerprint density at radius 2 is 2.20 bits per heavy atom. The lowest BCUT2D eigenvalue weighted by Gasteiger charge is -2.06. The normalized spacial score (nSPS) is 10.3. The van der Waals surface area contributed by atoms with Gasteiger partial charge in [-0.3, -0.25) is 0 Å². The number of ether oxygens (including phenoxy) is 1. The molecule has 0 saturated carbocycles. The Morgan fingerprint density at radius 3 is 2.87 bits per heavy atom. The lowest BCUT2D eigenvalue weighted by molar-refractivity contribution is 0.151. The van der Waals surface area contributed by atoms with Gasteiger partial charge in [0.05, 0.1) is 19.4 Å². The lowest BCUT2D eigenvalue weighted by Crippen LogP contribution is -2.15. The summed E-state index contributed by atoms with van der Waals surface area (Å²) < 4.78 is 30.5. The molecule has 1 aromatic heterocycles. The predicted molar refractivity (Wildman–Crippen MR) is 52.5 cm³/mol. The van der Waals surface area contributed by atoms with Crippen molar-refractivity contribution in [1.29, 1.82) is 0 Å². The maximum absolute atomic E-state index is 13.0. The van der Waals surface area contributed by atoms with Gasteiger partial charge >= 0.3 is 0 Å². The summed E-state index contributed by atoms with van der Waals surface area (Å²) >= 11 is 0. The molecule has 15 heavy (non-hydrogen) atoms. The fraction of sp³-hybridized carbons (Fsp3) is 0.444. The van der Waals surface area contributed by atoms with Crippen molar-refractivity contribution in [2.24, 2.45) is 5.73 Å². The van der Waals surface area contributed by atoms with Gasteiger partial charge in [-0.25, -0.2) is 13.8 Å². The average Bonchev–Trinajstić information content (AvgIpc) is 2.20. The molecule has 6 heteroatoms. The van der Waals surface area contributed by atoms with Gasteiger partial charge in [-0.15, -0.1) is 0 Å². The zero-order valence-corrected chi connectivity index (χ0v) is 8.17. The number of aromatic nitrogens is 1. The van der Waals surface area contributed by atoms with Crippen LogP contribution in [0.3, 0.4) is 0 Å². The van der Waals surface area contributed by atoms with Crippen LogP contribution in [0.1, 0.15) is 0 Å². The number of pyridine rings is 1. The second-order valence-electron chi connectivity index (χ2n) is 2.81. The van der Waals surface area contributed by atoms with E-state index in [1.165, 1.54) is 0 Å². The Kier molecular flexibility index (Phi) is 4.92. The van der Waals surface area contributed by atoms with Gasteiger partial charge in [-0.2, -0.15) is 0 Å². The van der Waals surface area contributed by atoms with E-state index in [4.69, 9.17) is 10.5 Å². The first-order valence-electron chi connectivity index (χ1n) is 4.56. The number of anilines is 1. The molecule has 0 aliphatic carbocycles. The van der Waals surface area contributed by atoms with Gasteiger partial charge in [0, 0.05) is 19.2 Å². The third-order valence-corrected chi connectivity index (χ3v) is 1.61. The molecular formula is C9H13F2N3O. The fourth-order valence-electron chi connectivity index (χ4n) is 0.972. The number of halogens is 2. The first kappa shape index (κ1) is 11.8. The van der Waals surface area contributed by atoms with Crippen molar-refractivity contribution in [2.75, 3.05) is 31.6 Å². The van der Waals surface area contributed by atoms with Crippen LogP contribution in [0, 0.1) is 11.6 Å². The number of nitrogens with zero attached hydrogens (tertiary/aromatic N) is 1. The average molecular weight is 217 g/mol. The highest BCUT2D eigenvalue weighted by molar-refractivity contribution is 5.35. The SMILES string of the molecule is NCCOCCNc1ncc(F)cc1F. The van der Waals surface area contributed by atoms with Crippen LogP contribution in [0.25, 0.3) is 0 Å². The molecule has 1 heterocycles. The summed E-state index contributed by atoms with van der Waals surface area (Å²) in [5, 5.41) is 2.68. The van der Waals surface area contributed by atoms with E-state index in [2.05, 4.69) is 10.3 Å². The number of nitrogens with two attached hydrogens (primary N) is 1. The molecule has 0 amide bonds. The third-order valence-electron chi connectivity index (χ3n) is 1.61. The Balaban J connectivity index is 2.31. The predicted octanol–water partition coefficient (Wildman–Crippen LogP) is 0.747. The summed E-state index contributed by atoms with van der Waals surface area (Å²) in [6.45, 7) is 1.70. The summed E-state index contributed by atoms with van der Waals surface area (Å²) in [6.07, 6.45) is 0.951. The first-order valence-corrected chi connectivity index (χ1v) is 4.56. The highest BCUT2D eigenvalue weighted by Crippen LogP contribution is 2.10. The van der Waals surface area contributed by atoms with Crippen LogP contribution in [-0.2, 0) is 4.74 Å². The van der Waals surface area contributed by atoms with Crippen molar-refractivity contribution in [3.63, 3.8) is 0 Å². The molecule has 0 radical (unpaired) electrons. The molecule has 4 nitrogen and oxygen atoms in total. The minimum Gasteiger partial charge on any atom is -0.378 e. The molecule has 0 aliphatic rings. The molecular weight excluding hydrogens is 204 g/mol. The minimum absolute atomic E-state index is 0.0211. The van der Waals surface area contributed by atoms with Gasteiger partial charge in [0.25, 0.3) is 0 Å². The Labute approximate surface area is 86.4 Å². The number of rotatable bonds is 6. The summed E-state index contributed by atoms with van der Waals surface area (Å²) in [6, 6.07) is 0.774. The van der Waals surface area contributed by atoms with E-state index in [0.717, 1.165) is 12.3 Å². The molecule has 0 fully saturated rings. The third kappa shape index (κ3) is 4.18. The highest BCUT2D eigenvalue weighted by atomic mass is 19.1. The molecule has 0 atom stereocenters. The quantitative estimate of drug-likeness (QED) is 0.690. The monoisotopic (exact) mass is 217 g/mol. The van der Waals surface area contributed by atoms with Crippen LogP contribution < -0.4 is 11.1 Å². The van der Waals surface area contributed by atoms with Crippen molar-refractivity contribution in [1.82, 2.24) is 4.98 Å². The molecule has 0 saturated heterocycles. The summed E-state index contributed by atoms with van der Waals surface area (Å²) in [5.41, 5.74) is 5.20. The second kappa shape index (κ2) is 6.26. The zero-order chi connectivity index (χ0) is 11.1. The number of nitrogens with one attached hydrogen (secondary N) is 1. The van der Waals surface area contributed by atoms with Gasteiger partial charge in [-0.1, -0.05) is 0 Å². The molecule has 1 rings (SSSR count). The topological polar surface area (TPSA) is 60.2 Å². The standard InChI is InChI=1S/C9H13F2N3O/c10-7-5-8(11)9(14-6-7)13-2-4-15-3-1-12/h5-6H,1-4,12H2,(H,13,14).